The standard InChI is InChI=1S/C14H18N4S/c1-11-17-9-13(19-11)10-18-14(15)16-8-7-12-5-3-2-4-6-12/h2-6,9H,7-8,10H2,1H3,(H3,15,16,18). The molecule has 0 spiro atoms. The average Bonchev–Trinajstić information content (AvgIpc) is 2.83. The van der Waals surface area contributed by atoms with Crippen LogP contribution in [0.5, 0.6) is 0 Å². The summed E-state index contributed by atoms with van der Waals surface area (Å²) in [5.74, 6) is 0.488. The molecule has 100 valence electrons. The van der Waals surface area contributed by atoms with E-state index in [4.69, 9.17) is 5.73 Å². The summed E-state index contributed by atoms with van der Waals surface area (Å²) in [7, 11) is 0. The summed E-state index contributed by atoms with van der Waals surface area (Å²) in [5, 5.41) is 4.18. The maximum absolute atomic E-state index is 5.82. The normalized spacial score (nSPS) is 11.5. The molecule has 5 heteroatoms. The number of aryl methyl sites for hydroxylation is 1. The molecule has 0 atom stereocenters. The van der Waals surface area contributed by atoms with Gasteiger partial charge < -0.3 is 11.1 Å². The van der Waals surface area contributed by atoms with Crippen LogP contribution in [0.4, 0.5) is 0 Å². The zero-order chi connectivity index (χ0) is 13.5. The smallest absolute Gasteiger partial charge is 0.188 e. The van der Waals surface area contributed by atoms with Crippen molar-refractivity contribution in [2.75, 3.05) is 6.54 Å². The average molecular weight is 274 g/mol. The molecule has 0 saturated heterocycles. The number of guanidine groups is 1. The third-order valence-corrected chi connectivity index (χ3v) is 3.53. The second kappa shape index (κ2) is 6.89. The molecule has 1 aromatic heterocycles. The number of rotatable bonds is 5. The molecule has 0 amide bonds. The van der Waals surface area contributed by atoms with E-state index in [1.165, 1.54) is 5.56 Å². The van der Waals surface area contributed by atoms with Crippen molar-refractivity contribution in [2.45, 2.75) is 19.9 Å². The fourth-order valence-electron chi connectivity index (χ4n) is 1.68. The van der Waals surface area contributed by atoms with Gasteiger partial charge in [-0.05, 0) is 18.9 Å². The van der Waals surface area contributed by atoms with Gasteiger partial charge in [0.25, 0.3) is 0 Å². The molecule has 0 saturated carbocycles. The van der Waals surface area contributed by atoms with Crippen molar-refractivity contribution in [2.24, 2.45) is 10.7 Å². The monoisotopic (exact) mass is 274 g/mol. The highest BCUT2D eigenvalue weighted by molar-refractivity contribution is 7.11. The summed E-state index contributed by atoms with van der Waals surface area (Å²) in [6, 6.07) is 10.3. The van der Waals surface area contributed by atoms with Crippen molar-refractivity contribution < 1.29 is 0 Å². The molecule has 0 unspecified atom stereocenters. The minimum atomic E-state index is 0.488. The van der Waals surface area contributed by atoms with Gasteiger partial charge in [0.2, 0.25) is 0 Å². The molecule has 0 bridgehead atoms. The van der Waals surface area contributed by atoms with E-state index >= 15 is 0 Å². The Hall–Kier alpha value is -1.88. The van der Waals surface area contributed by atoms with Crippen molar-refractivity contribution >= 4 is 17.3 Å². The first-order chi connectivity index (χ1) is 9.24. The molecule has 0 aliphatic carbocycles. The fourth-order valence-corrected chi connectivity index (χ4v) is 2.40. The lowest BCUT2D eigenvalue weighted by atomic mass is 10.1. The molecular formula is C14H18N4S. The van der Waals surface area contributed by atoms with E-state index in [2.05, 4.69) is 27.4 Å². The number of nitrogens with one attached hydrogen (secondary N) is 1. The SMILES string of the molecule is Cc1ncc(CN=C(N)NCCc2ccccc2)s1. The molecule has 0 fully saturated rings. The fraction of sp³-hybridized carbons (Fsp3) is 0.286. The Balaban J connectivity index is 1.73. The van der Waals surface area contributed by atoms with Gasteiger partial charge in [0.15, 0.2) is 5.96 Å². The lowest BCUT2D eigenvalue weighted by Gasteiger charge is -2.05. The summed E-state index contributed by atoms with van der Waals surface area (Å²) in [6.45, 7) is 3.37. The number of hydrogen-bond donors (Lipinski definition) is 2. The molecule has 19 heavy (non-hydrogen) atoms. The van der Waals surface area contributed by atoms with E-state index in [1.54, 1.807) is 11.3 Å². The van der Waals surface area contributed by atoms with Crippen LogP contribution in [-0.2, 0) is 13.0 Å². The highest BCUT2D eigenvalue weighted by Gasteiger charge is 1.97. The second-order valence-electron chi connectivity index (χ2n) is 4.21. The minimum Gasteiger partial charge on any atom is -0.370 e. The lowest BCUT2D eigenvalue weighted by molar-refractivity contribution is 0.849. The number of thiazole rings is 1. The first kappa shape index (κ1) is 13.5. The van der Waals surface area contributed by atoms with E-state index in [-0.39, 0.29) is 0 Å². The van der Waals surface area contributed by atoms with Crippen LogP contribution >= 0.6 is 11.3 Å². The predicted molar refractivity (Wildman–Crippen MR) is 80.3 cm³/mol. The number of aliphatic imine (C=N–C) groups is 1. The maximum Gasteiger partial charge on any atom is 0.188 e. The van der Waals surface area contributed by atoms with E-state index in [9.17, 15) is 0 Å². The Bertz CT molecular complexity index is 533. The van der Waals surface area contributed by atoms with Crippen LogP contribution in [0.2, 0.25) is 0 Å². The van der Waals surface area contributed by atoms with Crippen LogP contribution in [-0.4, -0.2) is 17.5 Å². The highest BCUT2D eigenvalue weighted by Crippen LogP contribution is 2.11. The Morgan fingerprint density at radius 2 is 2.16 bits per heavy atom. The van der Waals surface area contributed by atoms with Gasteiger partial charge >= 0.3 is 0 Å². The van der Waals surface area contributed by atoms with Gasteiger partial charge in [-0.15, -0.1) is 11.3 Å². The van der Waals surface area contributed by atoms with Crippen LogP contribution in [0.3, 0.4) is 0 Å². The molecule has 0 aliphatic rings. The van der Waals surface area contributed by atoms with E-state index < -0.39 is 0 Å². The van der Waals surface area contributed by atoms with E-state index in [0.717, 1.165) is 22.9 Å². The quantitative estimate of drug-likeness (QED) is 0.648. The molecule has 2 rings (SSSR count). The first-order valence-electron chi connectivity index (χ1n) is 6.23. The Morgan fingerprint density at radius 1 is 1.37 bits per heavy atom. The summed E-state index contributed by atoms with van der Waals surface area (Å²) in [6.07, 6.45) is 2.79. The molecule has 1 heterocycles. The van der Waals surface area contributed by atoms with Crippen LogP contribution in [0.15, 0.2) is 41.5 Å². The van der Waals surface area contributed by atoms with E-state index in [0.29, 0.717) is 12.5 Å². The zero-order valence-electron chi connectivity index (χ0n) is 11.0. The number of nitrogens with zero attached hydrogens (tertiary/aromatic N) is 2. The first-order valence-corrected chi connectivity index (χ1v) is 7.05. The van der Waals surface area contributed by atoms with Crippen molar-refractivity contribution in [3.63, 3.8) is 0 Å². The molecular weight excluding hydrogens is 256 g/mol. The van der Waals surface area contributed by atoms with Gasteiger partial charge in [0.1, 0.15) is 0 Å². The van der Waals surface area contributed by atoms with Crippen LogP contribution in [0.1, 0.15) is 15.4 Å². The van der Waals surface area contributed by atoms with Crippen molar-refractivity contribution in [1.82, 2.24) is 10.3 Å². The van der Waals surface area contributed by atoms with Gasteiger partial charge in [-0.1, -0.05) is 30.3 Å². The molecule has 0 aliphatic heterocycles. The van der Waals surface area contributed by atoms with Gasteiger partial charge in [-0.25, -0.2) is 9.98 Å². The summed E-state index contributed by atoms with van der Waals surface area (Å²) >= 11 is 1.65. The molecule has 4 nitrogen and oxygen atoms in total. The molecule has 0 radical (unpaired) electrons. The van der Waals surface area contributed by atoms with Gasteiger partial charge in [0, 0.05) is 17.6 Å². The van der Waals surface area contributed by atoms with Crippen LogP contribution < -0.4 is 11.1 Å². The number of benzene rings is 1. The van der Waals surface area contributed by atoms with Crippen molar-refractivity contribution in [1.29, 1.82) is 0 Å². The number of hydrogen-bond acceptors (Lipinski definition) is 3. The third kappa shape index (κ3) is 4.71. The Kier molecular flexibility index (Phi) is 4.92. The minimum absolute atomic E-state index is 0.488. The molecule has 1 aromatic carbocycles. The summed E-state index contributed by atoms with van der Waals surface area (Å²) < 4.78 is 0. The van der Waals surface area contributed by atoms with Crippen LogP contribution in [0, 0.1) is 6.92 Å². The second-order valence-corrected chi connectivity index (χ2v) is 5.53. The highest BCUT2D eigenvalue weighted by atomic mass is 32.1. The summed E-state index contributed by atoms with van der Waals surface area (Å²) in [4.78, 5) is 9.61. The van der Waals surface area contributed by atoms with Gasteiger partial charge in [-0.3, -0.25) is 0 Å². The van der Waals surface area contributed by atoms with Gasteiger partial charge in [-0.2, -0.15) is 0 Å². The van der Waals surface area contributed by atoms with E-state index in [1.807, 2.05) is 31.3 Å². The van der Waals surface area contributed by atoms with Crippen LogP contribution in [0.25, 0.3) is 0 Å². The molecule has 3 N–H and O–H groups in total. The summed E-state index contributed by atoms with van der Waals surface area (Å²) in [5.41, 5.74) is 7.11. The Morgan fingerprint density at radius 3 is 2.84 bits per heavy atom. The zero-order valence-corrected chi connectivity index (χ0v) is 11.8. The predicted octanol–water partition coefficient (Wildman–Crippen LogP) is 2.10. The Labute approximate surface area is 117 Å². The van der Waals surface area contributed by atoms with Crippen molar-refractivity contribution in [3.05, 3.63) is 52.0 Å². The van der Waals surface area contributed by atoms with Crippen molar-refractivity contribution in [3.8, 4) is 0 Å². The third-order valence-electron chi connectivity index (χ3n) is 2.64. The maximum atomic E-state index is 5.82. The number of aromatic nitrogens is 1. The number of nitrogens with two attached hydrogens (primary N) is 1. The van der Waals surface area contributed by atoms with Gasteiger partial charge in [0.05, 0.1) is 11.6 Å². The largest absolute Gasteiger partial charge is 0.370 e. The molecule has 2 aromatic rings. The topological polar surface area (TPSA) is 63.3 Å². The lowest BCUT2D eigenvalue weighted by Crippen LogP contribution is -2.33.